The van der Waals surface area contributed by atoms with E-state index < -0.39 is 0 Å². The average molecular weight is 208 g/mol. The first-order valence-corrected chi connectivity index (χ1v) is 5.46. The van der Waals surface area contributed by atoms with Gasteiger partial charge in [0, 0.05) is 13.7 Å². The molecular formula is C13H20O2. The molecule has 0 aliphatic carbocycles. The van der Waals surface area contributed by atoms with Crippen LogP contribution in [0.15, 0.2) is 30.3 Å². The van der Waals surface area contributed by atoms with Gasteiger partial charge in [0.25, 0.3) is 0 Å². The van der Waals surface area contributed by atoms with Gasteiger partial charge in [0.1, 0.15) is 0 Å². The molecular weight excluding hydrogens is 188 g/mol. The topological polar surface area (TPSA) is 18.5 Å². The summed E-state index contributed by atoms with van der Waals surface area (Å²) in [6.07, 6.45) is 1.06. The maximum Gasteiger partial charge on any atom is 0.0700 e. The lowest BCUT2D eigenvalue weighted by Gasteiger charge is -2.11. The highest BCUT2D eigenvalue weighted by Gasteiger charge is 2.03. The highest BCUT2D eigenvalue weighted by molar-refractivity contribution is 5.18. The summed E-state index contributed by atoms with van der Waals surface area (Å²) in [5.41, 5.74) is 1.38. The minimum absolute atomic E-state index is 0.564. The molecule has 0 saturated heterocycles. The molecule has 0 bridgehead atoms. The van der Waals surface area contributed by atoms with Gasteiger partial charge in [-0.15, -0.1) is 0 Å². The lowest BCUT2D eigenvalue weighted by Crippen LogP contribution is -2.05. The summed E-state index contributed by atoms with van der Waals surface area (Å²) in [6, 6.07) is 10.5. The van der Waals surface area contributed by atoms with Crippen molar-refractivity contribution in [2.24, 2.45) is 0 Å². The average Bonchev–Trinajstić information content (AvgIpc) is 2.30. The maximum atomic E-state index is 5.44. The monoisotopic (exact) mass is 208 g/mol. The minimum atomic E-state index is 0.564. The van der Waals surface area contributed by atoms with Crippen LogP contribution in [0.25, 0.3) is 0 Å². The summed E-state index contributed by atoms with van der Waals surface area (Å²) < 4.78 is 10.3. The highest BCUT2D eigenvalue weighted by atomic mass is 16.5. The Morgan fingerprint density at radius 3 is 2.47 bits per heavy atom. The summed E-state index contributed by atoms with van der Waals surface area (Å²) in [5, 5.41) is 0. The summed E-state index contributed by atoms with van der Waals surface area (Å²) in [6.45, 7) is 4.41. The number of benzene rings is 1. The Morgan fingerprint density at radius 2 is 1.80 bits per heavy atom. The number of methoxy groups -OCH3 is 1. The van der Waals surface area contributed by atoms with Crippen LogP contribution in [0.4, 0.5) is 0 Å². The van der Waals surface area contributed by atoms with Gasteiger partial charge in [-0.2, -0.15) is 0 Å². The van der Waals surface area contributed by atoms with Crippen molar-refractivity contribution in [2.45, 2.75) is 19.3 Å². The van der Waals surface area contributed by atoms with Gasteiger partial charge in [0.05, 0.1) is 13.2 Å². The van der Waals surface area contributed by atoms with Crippen molar-refractivity contribution in [2.75, 3.05) is 26.9 Å². The van der Waals surface area contributed by atoms with Crippen LogP contribution < -0.4 is 0 Å². The third-order valence-electron chi connectivity index (χ3n) is 2.50. The molecule has 1 atom stereocenters. The second-order valence-electron chi connectivity index (χ2n) is 3.71. The van der Waals surface area contributed by atoms with Gasteiger partial charge in [0.2, 0.25) is 0 Å². The molecule has 1 aromatic rings. The predicted molar refractivity (Wildman–Crippen MR) is 62.2 cm³/mol. The van der Waals surface area contributed by atoms with E-state index in [1.54, 1.807) is 7.11 Å². The van der Waals surface area contributed by atoms with Crippen molar-refractivity contribution < 1.29 is 9.47 Å². The lowest BCUT2D eigenvalue weighted by molar-refractivity contribution is 0.0675. The fraction of sp³-hybridized carbons (Fsp3) is 0.538. The molecule has 0 N–H and O–H groups in total. The van der Waals surface area contributed by atoms with Crippen LogP contribution in [-0.4, -0.2) is 26.9 Å². The standard InChI is InChI=1S/C13H20O2/c1-12(8-9-15-11-10-14-2)13-6-4-3-5-7-13/h3-7,12H,8-11H2,1-2H3. The molecule has 1 aromatic carbocycles. The van der Waals surface area contributed by atoms with Crippen LogP contribution in [0.2, 0.25) is 0 Å². The molecule has 0 spiro atoms. The maximum absolute atomic E-state index is 5.44. The fourth-order valence-corrected chi connectivity index (χ4v) is 1.45. The van der Waals surface area contributed by atoms with Crippen molar-refractivity contribution in [3.05, 3.63) is 35.9 Å². The van der Waals surface area contributed by atoms with E-state index in [0.29, 0.717) is 19.1 Å². The Balaban J connectivity index is 2.16. The molecule has 84 valence electrons. The zero-order chi connectivity index (χ0) is 10.9. The third kappa shape index (κ3) is 4.96. The van der Waals surface area contributed by atoms with Crippen molar-refractivity contribution in [3.8, 4) is 0 Å². The summed E-state index contributed by atoms with van der Waals surface area (Å²) in [5.74, 6) is 0.564. The Labute approximate surface area is 92.2 Å². The Hall–Kier alpha value is -0.860. The second kappa shape index (κ2) is 7.43. The normalized spacial score (nSPS) is 12.7. The quantitative estimate of drug-likeness (QED) is 0.641. The molecule has 1 rings (SSSR count). The van der Waals surface area contributed by atoms with Gasteiger partial charge in [-0.25, -0.2) is 0 Å². The molecule has 0 aliphatic rings. The largest absolute Gasteiger partial charge is 0.382 e. The molecule has 0 heterocycles. The Bertz CT molecular complexity index is 246. The number of hydrogen-bond acceptors (Lipinski definition) is 2. The van der Waals surface area contributed by atoms with Crippen LogP contribution in [0.5, 0.6) is 0 Å². The molecule has 1 unspecified atom stereocenters. The molecule has 2 nitrogen and oxygen atoms in total. The van der Waals surface area contributed by atoms with Crippen LogP contribution >= 0.6 is 0 Å². The second-order valence-corrected chi connectivity index (χ2v) is 3.71. The Morgan fingerprint density at radius 1 is 1.07 bits per heavy atom. The SMILES string of the molecule is COCCOCCC(C)c1ccccc1. The minimum Gasteiger partial charge on any atom is -0.382 e. The van der Waals surface area contributed by atoms with Gasteiger partial charge >= 0.3 is 0 Å². The van der Waals surface area contributed by atoms with E-state index >= 15 is 0 Å². The highest BCUT2D eigenvalue weighted by Crippen LogP contribution is 2.17. The number of hydrogen-bond donors (Lipinski definition) is 0. The summed E-state index contributed by atoms with van der Waals surface area (Å²) in [7, 11) is 1.69. The van der Waals surface area contributed by atoms with Crippen LogP contribution in [0, 0.1) is 0 Å². The molecule has 0 amide bonds. The Kier molecular flexibility index (Phi) is 6.05. The van der Waals surface area contributed by atoms with Crippen LogP contribution in [-0.2, 0) is 9.47 Å². The fourth-order valence-electron chi connectivity index (χ4n) is 1.45. The van der Waals surface area contributed by atoms with E-state index in [0.717, 1.165) is 13.0 Å². The molecule has 15 heavy (non-hydrogen) atoms. The van der Waals surface area contributed by atoms with Crippen molar-refractivity contribution in [1.82, 2.24) is 0 Å². The first kappa shape index (κ1) is 12.2. The van der Waals surface area contributed by atoms with E-state index in [9.17, 15) is 0 Å². The van der Waals surface area contributed by atoms with Crippen molar-refractivity contribution >= 4 is 0 Å². The zero-order valence-corrected chi connectivity index (χ0v) is 9.61. The molecule has 0 aromatic heterocycles. The van der Waals surface area contributed by atoms with E-state index in [2.05, 4.69) is 31.2 Å². The van der Waals surface area contributed by atoms with Gasteiger partial charge in [0.15, 0.2) is 0 Å². The predicted octanol–water partition coefficient (Wildman–Crippen LogP) is 2.84. The molecule has 0 fully saturated rings. The molecule has 0 aliphatic heterocycles. The van der Waals surface area contributed by atoms with Gasteiger partial charge < -0.3 is 9.47 Å². The molecule has 0 saturated carbocycles. The van der Waals surface area contributed by atoms with Crippen LogP contribution in [0.3, 0.4) is 0 Å². The first-order chi connectivity index (χ1) is 7.34. The lowest BCUT2D eigenvalue weighted by atomic mass is 9.98. The van der Waals surface area contributed by atoms with Crippen molar-refractivity contribution in [1.29, 1.82) is 0 Å². The van der Waals surface area contributed by atoms with Gasteiger partial charge in [-0.1, -0.05) is 37.3 Å². The van der Waals surface area contributed by atoms with E-state index in [-0.39, 0.29) is 0 Å². The van der Waals surface area contributed by atoms with Gasteiger partial charge in [-0.05, 0) is 17.9 Å². The molecule has 0 radical (unpaired) electrons. The number of rotatable bonds is 7. The van der Waals surface area contributed by atoms with E-state index in [4.69, 9.17) is 9.47 Å². The number of ether oxygens (including phenoxy) is 2. The first-order valence-electron chi connectivity index (χ1n) is 5.46. The van der Waals surface area contributed by atoms with Crippen LogP contribution in [0.1, 0.15) is 24.8 Å². The van der Waals surface area contributed by atoms with E-state index in [1.807, 2.05) is 6.07 Å². The summed E-state index contributed by atoms with van der Waals surface area (Å²) >= 11 is 0. The zero-order valence-electron chi connectivity index (χ0n) is 9.61. The molecule has 2 heteroatoms. The van der Waals surface area contributed by atoms with E-state index in [1.165, 1.54) is 5.56 Å². The smallest absolute Gasteiger partial charge is 0.0700 e. The van der Waals surface area contributed by atoms with Crippen molar-refractivity contribution in [3.63, 3.8) is 0 Å². The summed E-state index contributed by atoms with van der Waals surface area (Å²) in [4.78, 5) is 0. The third-order valence-corrected chi connectivity index (χ3v) is 2.50. The van der Waals surface area contributed by atoms with Gasteiger partial charge in [-0.3, -0.25) is 0 Å².